The number of hydrogen-bond donors (Lipinski definition) is 2. The second-order valence-electron chi connectivity index (χ2n) is 13.3. The van der Waals surface area contributed by atoms with E-state index < -0.39 is 24.4 Å². The Bertz CT molecular complexity index is 1790. The number of carbonyl (C=O) groups is 2. The molecule has 0 spiro atoms. The van der Waals surface area contributed by atoms with Gasteiger partial charge in [0.25, 0.3) is 0 Å². The number of benzene rings is 2. The van der Waals surface area contributed by atoms with Gasteiger partial charge in [0, 0.05) is 10.8 Å². The maximum Gasteiger partial charge on any atom is 0.308 e. The van der Waals surface area contributed by atoms with E-state index in [0.29, 0.717) is 11.8 Å². The normalized spacial score (nSPS) is 24.7. The minimum atomic E-state index is -0.874. The molecule has 4 aliphatic carbocycles. The Morgan fingerprint density at radius 1 is 0.609 bits per heavy atom. The molecular formula is C38H38N4O4. The van der Waals surface area contributed by atoms with E-state index in [1.807, 2.05) is 60.7 Å². The molecule has 2 aromatic carbocycles. The molecule has 46 heavy (non-hydrogen) atoms. The number of ether oxygens (including phenoxy) is 2. The van der Waals surface area contributed by atoms with Gasteiger partial charge in [-0.2, -0.15) is 0 Å². The third-order valence-electron chi connectivity index (χ3n) is 10.6. The highest BCUT2D eigenvalue weighted by molar-refractivity contribution is 5.84. The van der Waals surface area contributed by atoms with Crippen LogP contribution >= 0.6 is 0 Å². The second-order valence-corrected chi connectivity index (χ2v) is 13.3. The van der Waals surface area contributed by atoms with E-state index >= 15 is 0 Å². The maximum atomic E-state index is 12.9. The molecule has 2 aromatic heterocycles. The molecule has 8 heteroatoms. The van der Waals surface area contributed by atoms with Crippen molar-refractivity contribution in [2.45, 2.75) is 63.8 Å². The average Bonchev–Trinajstić information content (AvgIpc) is 3.89. The van der Waals surface area contributed by atoms with E-state index in [-0.39, 0.29) is 24.7 Å². The molecule has 4 aliphatic rings. The molecule has 2 heterocycles. The lowest BCUT2D eigenvalue weighted by atomic mass is 9.88. The number of rotatable bonds is 9. The molecule has 0 radical (unpaired) electrons. The Hall–Kier alpha value is -4.40. The third kappa shape index (κ3) is 5.19. The SMILES string of the molecule is NC(OC(=O)CCC(=O)OC(N)C1=C(c2ccc3ccccc3n2)C2CCC1C2)C1=C(c2ccc3ccccc3n2)C2CCC1C2. The van der Waals surface area contributed by atoms with Crippen LogP contribution in [0, 0.1) is 23.7 Å². The summed E-state index contributed by atoms with van der Waals surface area (Å²) in [4.78, 5) is 35.7. The monoisotopic (exact) mass is 614 g/mol. The zero-order valence-electron chi connectivity index (χ0n) is 25.7. The van der Waals surface area contributed by atoms with Gasteiger partial charge in [-0.05, 0) is 109 Å². The summed E-state index contributed by atoms with van der Waals surface area (Å²) in [5, 5.41) is 2.16. The molecule has 2 saturated carbocycles. The fourth-order valence-electron chi connectivity index (χ4n) is 8.61. The van der Waals surface area contributed by atoms with Gasteiger partial charge < -0.3 is 9.47 Å². The van der Waals surface area contributed by atoms with E-state index in [9.17, 15) is 9.59 Å². The van der Waals surface area contributed by atoms with Gasteiger partial charge in [0.2, 0.25) is 0 Å². The summed E-state index contributed by atoms with van der Waals surface area (Å²) in [6.07, 6.45) is 4.22. The summed E-state index contributed by atoms with van der Waals surface area (Å²) in [7, 11) is 0. The number of carbonyl (C=O) groups excluding carboxylic acids is 2. The molecule has 0 aliphatic heterocycles. The fourth-order valence-corrected chi connectivity index (χ4v) is 8.61. The first-order valence-corrected chi connectivity index (χ1v) is 16.5. The van der Waals surface area contributed by atoms with Gasteiger partial charge in [0.1, 0.15) is 0 Å². The molecule has 234 valence electrons. The van der Waals surface area contributed by atoms with Crippen molar-refractivity contribution >= 4 is 44.9 Å². The second kappa shape index (κ2) is 11.8. The van der Waals surface area contributed by atoms with Crippen molar-refractivity contribution in [1.29, 1.82) is 0 Å². The van der Waals surface area contributed by atoms with Crippen LogP contribution in [0.3, 0.4) is 0 Å². The smallest absolute Gasteiger partial charge is 0.308 e. The number of allylic oxidation sites excluding steroid dienone is 2. The van der Waals surface area contributed by atoms with Crippen molar-refractivity contribution < 1.29 is 19.1 Å². The van der Waals surface area contributed by atoms with Crippen LogP contribution in [0.4, 0.5) is 0 Å². The Kier molecular flexibility index (Phi) is 7.42. The number of esters is 2. The molecule has 0 saturated heterocycles. The predicted octanol–water partition coefficient (Wildman–Crippen LogP) is 6.29. The van der Waals surface area contributed by atoms with Crippen molar-refractivity contribution in [2.24, 2.45) is 35.1 Å². The highest BCUT2D eigenvalue weighted by Crippen LogP contribution is 2.54. The number of nitrogens with zero attached hydrogens (tertiary/aromatic N) is 2. The summed E-state index contributed by atoms with van der Waals surface area (Å²) in [5.41, 5.74) is 20.9. The third-order valence-corrected chi connectivity index (χ3v) is 10.6. The largest absolute Gasteiger partial charge is 0.443 e. The van der Waals surface area contributed by atoms with Gasteiger partial charge in [-0.3, -0.25) is 21.1 Å². The minimum Gasteiger partial charge on any atom is -0.443 e. The van der Waals surface area contributed by atoms with E-state index in [1.54, 1.807) is 0 Å². The summed E-state index contributed by atoms with van der Waals surface area (Å²) in [6, 6.07) is 24.3. The molecule has 8 nitrogen and oxygen atoms in total. The van der Waals surface area contributed by atoms with Crippen LogP contribution in [0.25, 0.3) is 33.0 Å². The van der Waals surface area contributed by atoms with Gasteiger partial charge in [-0.15, -0.1) is 0 Å². The van der Waals surface area contributed by atoms with Crippen molar-refractivity contribution in [2.75, 3.05) is 0 Å². The Morgan fingerprint density at radius 2 is 1.02 bits per heavy atom. The fraction of sp³-hybridized carbons (Fsp3) is 0.368. The number of nitrogens with two attached hydrogens (primary N) is 2. The summed E-state index contributed by atoms with van der Waals surface area (Å²) in [5.74, 6) is 0.230. The van der Waals surface area contributed by atoms with E-state index in [4.69, 9.17) is 30.9 Å². The Morgan fingerprint density at radius 3 is 1.48 bits per heavy atom. The molecule has 4 bridgehead atoms. The van der Waals surface area contributed by atoms with Gasteiger partial charge in [-0.25, -0.2) is 9.97 Å². The molecule has 2 fully saturated rings. The van der Waals surface area contributed by atoms with Crippen LogP contribution in [0.5, 0.6) is 0 Å². The van der Waals surface area contributed by atoms with Crippen LogP contribution in [-0.4, -0.2) is 34.4 Å². The topological polar surface area (TPSA) is 130 Å². The van der Waals surface area contributed by atoms with Crippen molar-refractivity contribution in [3.8, 4) is 0 Å². The highest BCUT2D eigenvalue weighted by atomic mass is 16.6. The van der Waals surface area contributed by atoms with Crippen LogP contribution in [0.1, 0.15) is 62.8 Å². The van der Waals surface area contributed by atoms with Crippen LogP contribution in [0.15, 0.2) is 83.9 Å². The van der Waals surface area contributed by atoms with Gasteiger partial charge >= 0.3 is 11.9 Å². The first kappa shape index (κ1) is 29.0. The molecule has 6 unspecified atom stereocenters. The van der Waals surface area contributed by atoms with Crippen molar-refractivity contribution in [1.82, 2.24) is 9.97 Å². The Balaban J connectivity index is 0.931. The Labute approximate surface area is 267 Å². The first-order chi connectivity index (χ1) is 22.4. The molecular weight excluding hydrogens is 576 g/mol. The van der Waals surface area contributed by atoms with Crippen molar-refractivity contribution in [3.05, 3.63) is 95.3 Å². The van der Waals surface area contributed by atoms with Crippen LogP contribution in [0.2, 0.25) is 0 Å². The lowest BCUT2D eigenvalue weighted by Crippen LogP contribution is -2.34. The minimum absolute atomic E-state index is 0.131. The lowest BCUT2D eigenvalue weighted by Gasteiger charge is -2.25. The highest BCUT2D eigenvalue weighted by Gasteiger charge is 2.44. The number of aromatic nitrogens is 2. The number of fused-ring (bicyclic) bond motifs is 6. The summed E-state index contributed by atoms with van der Waals surface area (Å²) >= 11 is 0. The van der Waals surface area contributed by atoms with E-state index in [1.165, 1.54) is 0 Å². The quantitative estimate of drug-likeness (QED) is 0.166. The zero-order valence-corrected chi connectivity index (χ0v) is 25.7. The lowest BCUT2D eigenvalue weighted by molar-refractivity contribution is -0.154. The van der Waals surface area contributed by atoms with Gasteiger partial charge in [0.05, 0.1) is 35.3 Å². The van der Waals surface area contributed by atoms with E-state index in [0.717, 1.165) is 94.0 Å². The van der Waals surface area contributed by atoms with Crippen molar-refractivity contribution in [3.63, 3.8) is 0 Å². The summed E-state index contributed by atoms with van der Waals surface area (Å²) in [6.45, 7) is 0. The predicted molar refractivity (Wildman–Crippen MR) is 176 cm³/mol. The average molecular weight is 615 g/mol. The molecule has 8 rings (SSSR count). The standard InChI is InChI=1S/C38H38N4O4/c39-37(35-25-11-9-23(19-25)33(35)29-15-13-21-5-1-3-7-27(21)41-29)45-31(43)17-18-32(44)46-38(40)36-26-12-10-24(20-26)34(36)30-16-14-22-6-2-4-8-28(22)42-30/h1-8,13-16,23-26,37-38H,9-12,17-20,39-40H2. The molecule has 4 aromatic rings. The number of para-hydroxylation sites is 2. The number of hydrogen-bond acceptors (Lipinski definition) is 8. The molecule has 0 amide bonds. The van der Waals surface area contributed by atoms with Gasteiger partial charge in [-0.1, -0.05) is 48.5 Å². The van der Waals surface area contributed by atoms with E-state index in [2.05, 4.69) is 12.1 Å². The van der Waals surface area contributed by atoms with Gasteiger partial charge in [0.15, 0.2) is 12.5 Å². The number of pyridine rings is 2. The van der Waals surface area contributed by atoms with Crippen LogP contribution in [-0.2, 0) is 19.1 Å². The van der Waals surface area contributed by atoms with Crippen LogP contribution < -0.4 is 11.5 Å². The molecule has 4 N–H and O–H groups in total. The summed E-state index contributed by atoms with van der Waals surface area (Å²) < 4.78 is 11.5. The maximum absolute atomic E-state index is 12.9. The zero-order chi connectivity index (χ0) is 31.4. The molecule has 6 atom stereocenters. The first-order valence-electron chi connectivity index (χ1n) is 16.5.